The Morgan fingerprint density at radius 1 is 1.36 bits per heavy atom. The lowest BCUT2D eigenvalue weighted by atomic mass is 10.2. The molecule has 2 N–H and O–H groups in total. The van der Waals surface area contributed by atoms with Crippen LogP contribution in [0.25, 0.3) is 10.4 Å². The van der Waals surface area contributed by atoms with E-state index < -0.39 is 0 Å². The second-order valence-electron chi connectivity index (χ2n) is 2.72. The van der Waals surface area contributed by atoms with Crippen LogP contribution in [0.2, 0.25) is 0 Å². The number of anilines is 1. The third kappa shape index (κ3) is 1.93. The fourth-order valence-electron chi connectivity index (χ4n) is 1.12. The average Bonchev–Trinajstić information content (AvgIpc) is 2.50. The van der Waals surface area contributed by atoms with E-state index in [4.69, 9.17) is 5.73 Å². The highest BCUT2D eigenvalue weighted by atomic mass is 79.9. The third-order valence-electron chi connectivity index (χ3n) is 1.67. The van der Waals surface area contributed by atoms with Gasteiger partial charge in [-0.2, -0.15) is 0 Å². The Morgan fingerprint density at radius 2 is 2.14 bits per heavy atom. The minimum absolute atomic E-state index is 0.277. The summed E-state index contributed by atoms with van der Waals surface area (Å²) in [6.07, 6.45) is 1.64. The molecule has 5 heteroatoms. The summed E-state index contributed by atoms with van der Waals surface area (Å²) in [5.74, 6) is -0.277. The van der Waals surface area contributed by atoms with Gasteiger partial charge in [0.25, 0.3) is 0 Å². The van der Waals surface area contributed by atoms with Gasteiger partial charge in [-0.3, -0.25) is 0 Å². The van der Waals surface area contributed by atoms with Crippen molar-refractivity contribution in [1.82, 2.24) is 4.98 Å². The second-order valence-corrected chi connectivity index (χ2v) is 4.70. The molecule has 2 nitrogen and oxygen atoms in total. The van der Waals surface area contributed by atoms with E-state index in [2.05, 4.69) is 20.9 Å². The van der Waals surface area contributed by atoms with Crippen LogP contribution in [-0.4, -0.2) is 4.98 Å². The maximum atomic E-state index is 13.0. The maximum Gasteiger partial charge on any atom is 0.180 e. The van der Waals surface area contributed by atoms with Crippen LogP contribution in [-0.2, 0) is 0 Å². The number of benzene rings is 1. The lowest BCUT2D eigenvalue weighted by molar-refractivity contribution is 0.627. The van der Waals surface area contributed by atoms with Crippen molar-refractivity contribution in [3.63, 3.8) is 0 Å². The zero-order chi connectivity index (χ0) is 10.1. The zero-order valence-electron chi connectivity index (χ0n) is 7.00. The first-order valence-electron chi connectivity index (χ1n) is 3.83. The number of nitrogens with zero attached hydrogens (tertiary/aromatic N) is 1. The number of halogens is 2. The summed E-state index contributed by atoms with van der Waals surface area (Å²) >= 11 is 4.57. The Hall–Kier alpha value is -0.940. The van der Waals surface area contributed by atoms with Crippen LogP contribution in [0.5, 0.6) is 0 Å². The minimum atomic E-state index is -0.277. The zero-order valence-corrected chi connectivity index (χ0v) is 9.40. The molecule has 0 amide bonds. The number of aromatic nitrogens is 1. The highest BCUT2D eigenvalue weighted by molar-refractivity contribution is 9.10. The van der Waals surface area contributed by atoms with Crippen LogP contribution in [0.1, 0.15) is 0 Å². The Morgan fingerprint density at radius 3 is 2.71 bits per heavy atom. The van der Waals surface area contributed by atoms with Crippen LogP contribution in [0.15, 0.2) is 28.9 Å². The van der Waals surface area contributed by atoms with Gasteiger partial charge in [-0.05, 0) is 23.8 Å². The molecule has 0 radical (unpaired) electrons. The topological polar surface area (TPSA) is 38.9 Å². The molecular formula is C9H6BrFN2S. The van der Waals surface area contributed by atoms with E-state index in [1.807, 2.05) is 6.07 Å². The molecule has 1 aromatic heterocycles. The largest absolute Gasteiger partial charge is 0.375 e. The second kappa shape index (κ2) is 3.67. The summed E-state index contributed by atoms with van der Waals surface area (Å²) in [6, 6.07) is 4.70. The normalized spacial score (nSPS) is 10.4. The smallest absolute Gasteiger partial charge is 0.180 e. The quantitative estimate of drug-likeness (QED) is 0.865. The summed E-state index contributed by atoms with van der Waals surface area (Å²) < 4.78 is 13.8. The van der Waals surface area contributed by atoms with E-state index in [0.717, 1.165) is 10.4 Å². The predicted molar refractivity (Wildman–Crippen MR) is 59.6 cm³/mol. The Balaban J connectivity index is 2.51. The fraction of sp³-hybridized carbons (Fsp3) is 0. The van der Waals surface area contributed by atoms with Crippen molar-refractivity contribution in [2.75, 3.05) is 5.73 Å². The van der Waals surface area contributed by atoms with Crippen LogP contribution in [0.3, 0.4) is 0 Å². The molecule has 0 aliphatic carbocycles. The highest BCUT2D eigenvalue weighted by Crippen LogP contribution is 2.29. The number of nitrogen functional groups attached to an aromatic ring is 1. The molecule has 0 aliphatic rings. The van der Waals surface area contributed by atoms with E-state index in [9.17, 15) is 4.39 Å². The lowest BCUT2D eigenvalue weighted by Gasteiger charge is -1.98. The van der Waals surface area contributed by atoms with E-state index in [1.165, 1.54) is 23.5 Å². The molecule has 1 heterocycles. The van der Waals surface area contributed by atoms with E-state index in [-0.39, 0.29) is 5.82 Å². The molecule has 0 saturated heterocycles. The van der Waals surface area contributed by atoms with Crippen LogP contribution in [0.4, 0.5) is 9.52 Å². The van der Waals surface area contributed by atoms with E-state index in [1.54, 1.807) is 6.20 Å². The Kier molecular flexibility index (Phi) is 2.52. The molecule has 0 bridgehead atoms. The van der Waals surface area contributed by atoms with Crippen LogP contribution in [0, 0.1) is 5.82 Å². The van der Waals surface area contributed by atoms with Gasteiger partial charge in [-0.25, -0.2) is 9.37 Å². The first-order valence-corrected chi connectivity index (χ1v) is 5.44. The predicted octanol–water partition coefficient (Wildman–Crippen LogP) is 3.29. The molecule has 14 heavy (non-hydrogen) atoms. The molecule has 0 fully saturated rings. The van der Waals surface area contributed by atoms with Crippen molar-refractivity contribution in [1.29, 1.82) is 0 Å². The Bertz CT molecular complexity index is 449. The van der Waals surface area contributed by atoms with Gasteiger partial charge in [-0.1, -0.05) is 27.3 Å². The molecule has 0 unspecified atom stereocenters. The summed E-state index contributed by atoms with van der Waals surface area (Å²) in [7, 11) is 0. The summed E-state index contributed by atoms with van der Waals surface area (Å²) in [4.78, 5) is 4.77. The van der Waals surface area contributed by atoms with Gasteiger partial charge >= 0.3 is 0 Å². The van der Waals surface area contributed by atoms with Crippen molar-refractivity contribution in [3.05, 3.63) is 34.7 Å². The number of hydrogen-bond donors (Lipinski definition) is 1. The molecule has 2 aromatic rings. The number of thiazole rings is 1. The first-order chi connectivity index (χ1) is 6.65. The van der Waals surface area contributed by atoms with Gasteiger partial charge < -0.3 is 5.73 Å². The van der Waals surface area contributed by atoms with Gasteiger partial charge in [0, 0.05) is 10.7 Å². The van der Waals surface area contributed by atoms with Gasteiger partial charge in [-0.15, -0.1) is 0 Å². The monoisotopic (exact) mass is 272 g/mol. The average molecular weight is 273 g/mol. The summed E-state index contributed by atoms with van der Waals surface area (Å²) in [5.41, 5.74) is 6.28. The summed E-state index contributed by atoms with van der Waals surface area (Å²) in [6.45, 7) is 0. The minimum Gasteiger partial charge on any atom is -0.375 e. The molecule has 2 rings (SSSR count). The van der Waals surface area contributed by atoms with E-state index >= 15 is 0 Å². The molecular weight excluding hydrogens is 267 g/mol. The Labute approximate surface area is 92.7 Å². The highest BCUT2D eigenvalue weighted by Gasteiger charge is 2.04. The maximum absolute atomic E-state index is 13.0. The molecule has 0 aliphatic heterocycles. The fourth-order valence-corrected chi connectivity index (χ4v) is 2.25. The number of hydrogen-bond acceptors (Lipinski definition) is 3. The molecule has 72 valence electrons. The number of rotatable bonds is 1. The van der Waals surface area contributed by atoms with Crippen LogP contribution >= 0.6 is 27.3 Å². The number of nitrogens with two attached hydrogens (primary N) is 1. The van der Waals surface area contributed by atoms with Crippen molar-refractivity contribution < 1.29 is 4.39 Å². The van der Waals surface area contributed by atoms with Gasteiger partial charge in [0.2, 0.25) is 0 Å². The van der Waals surface area contributed by atoms with Crippen LogP contribution < -0.4 is 5.73 Å². The van der Waals surface area contributed by atoms with E-state index in [0.29, 0.717) is 9.60 Å². The van der Waals surface area contributed by atoms with Gasteiger partial charge in [0.1, 0.15) is 5.82 Å². The van der Waals surface area contributed by atoms with Crippen molar-refractivity contribution in [2.45, 2.75) is 0 Å². The first kappa shape index (κ1) is 9.61. The third-order valence-corrected chi connectivity index (χ3v) is 3.00. The SMILES string of the molecule is Nc1ncc(-c2cc(F)cc(Br)c2)s1. The molecule has 0 atom stereocenters. The van der Waals surface area contributed by atoms with Crippen molar-refractivity contribution in [2.24, 2.45) is 0 Å². The molecule has 0 saturated carbocycles. The molecule has 0 spiro atoms. The lowest BCUT2D eigenvalue weighted by Crippen LogP contribution is -1.78. The standard InChI is InChI=1S/C9H6BrFN2S/c10-6-1-5(2-7(11)3-6)8-4-13-9(12)14-8/h1-4H,(H2,12,13). The van der Waals surface area contributed by atoms with Gasteiger partial charge in [0.15, 0.2) is 5.13 Å². The molecule has 1 aromatic carbocycles. The van der Waals surface area contributed by atoms with Crippen molar-refractivity contribution >= 4 is 32.4 Å². The summed E-state index contributed by atoms with van der Waals surface area (Å²) in [5, 5.41) is 0.486. The van der Waals surface area contributed by atoms with Gasteiger partial charge in [0.05, 0.1) is 4.88 Å². The van der Waals surface area contributed by atoms with Crippen molar-refractivity contribution in [3.8, 4) is 10.4 Å².